The molecule has 0 bridgehead atoms. The highest BCUT2D eigenvalue weighted by Gasteiger charge is 2.12. The van der Waals surface area contributed by atoms with E-state index < -0.39 is 11.5 Å². The lowest BCUT2D eigenvalue weighted by atomic mass is 10.2. The minimum Gasteiger partial charge on any atom is -0.492 e. The van der Waals surface area contributed by atoms with Gasteiger partial charge in [-0.3, -0.25) is 14.0 Å². The number of amides is 1. The van der Waals surface area contributed by atoms with Crippen LogP contribution in [0.1, 0.15) is 15.9 Å². The first-order chi connectivity index (χ1) is 11.6. The molecule has 0 saturated carbocycles. The van der Waals surface area contributed by atoms with Gasteiger partial charge in [0.2, 0.25) is 0 Å². The summed E-state index contributed by atoms with van der Waals surface area (Å²) in [5.41, 5.74) is 1.22. The molecule has 0 unspecified atom stereocenters. The summed E-state index contributed by atoms with van der Waals surface area (Å²) in [6.07, 6.45) is 2.89. The van der Waals surface area contributed by atoms with E-state index in [4.69, 9.17) is 4.74 Å². The number of hydrogen-bond acceptors (Lipinski definition) is 4. The molecule has 0 aliphatic heterocycles. The number of fused-ring (bicyclic) bond motifs is 1. The van der Waals surface area contributed by atoms with Crippen LogP contribution < -0.4 is 15.6 Å². The SMILES string of the molecule is Cc1cccc(OCCNC(=O)c2cnc3ccccn3c2=O)c1. The topological polar surface area (TPSA) is 72.7 Å². The minimum atomic E-state index is -0.460. The molecule has 0 saturated heterocycles. The first-order valence-corrected chi connectivity index (χ1v) is 7.59. The number of nitrogens with one attached hydrogen (secondary N) is 1. The molecule has 0 spiro atoms. The maximum Gasteiger partial charge on any atom is 0.270 e. The number of pyridine rings is 1. The zero-order valence-corrected chi connectivity index (χ0v) is 13.2. The summed E-state index contributed by atoms with van der Waals surface area (Å²) in [7, 11) is 0. The van der Waals surface area contributed by atoms with Gasteiger partial charge in [-0.05, 0) is 36.8 Å². The van der Waals surface area contributed by atoms with Crippen molar-refractivity contribution in [2.24, 2.45) is 0 Å². The average molecular weight is 323 g/mol. The van der Waals surface area contributed by atoms with Crippen molar-refractivity contribution >= 4 is 11.6 Å². The molecule has 24 heavy (non-hydrogen) atoms. The van der Waals surface area contributed by atoms with Crippen molar-refractivity contribution in [1.29, 1.82) is 0 Å². The van der Waals surface area contributed by atoms with Gasteiger partial charge in [-0.1, -0.05) is 18.2 Å². The molecule has 3 rings (SSSR count). The monoisotopic (exact) mass is 323 g/mol. The van der Waals surface area contributed by atoms with Crippen LogP contribution in [-0.2, 0) is 0 Å². The molecule has 2 heterocycles. The Kier molecular flexibility index (Phi) is 4.56. The third-order valence-corrected chi connectivity index (χ3v) is 3.50. The van der Waals surface area contributed by atoms with Crippen LogP contribution in [0.5, 0.6) is 5.75 Å². The Balaban J connectivity index is 1.61. The zero-order valence-electron chi connectivity index (χ0n) is 13.2. The first kappa shape index (κ1) is 15.7. The Morgan fingerprint density at radius 1 is 1.25 bits per heavy atom. The molecule has 1 aromatic carbocycles. The summed E-state index contributed by atoms with van der Waals surface area (Å²) in [6.45, 7) is 2.59. The van der Waals surface area contributed by atoms with Crippen LogP contribution in [0.15, 0.2) is 59.7 Å². The molecule has 122 valence electrons. The molecule has 6 nitrogen and oxygen atoms in total. The first-order valence-electron chi connectivity index (χ1n) is 7.59. The molecular weight excluding hydrogens is 306 g/mol. The van der Waals surface area contributed by atoms with Crippen molar-refractivity contribution in [3.05, 3.63) is 76.3 Å². The predicted molar refractivity (Wildman–Crippen MR) is 90.5 cm³/mol. The van der Waals surface area contributed by atoms with Crippen molar-refractivity contribution in [3.63, 3.8) is 0 Å². The van der Waals surface area contributed by atoms with Crippen molar-refractivity contribution in [3.8, 4) is 5.75 Å². The second kappa shape index (κ2) is 6.95. The van der Waals surface area contributed by atoms with E-state index in [0.717, 1.165) is 11.3 Å². The Morgan fingerprint density at radius 3 is 2.96 bits per heavy atom. The summed E-state index contributed by atoms with van der Waals surface area (Å²) < 4.78 is 6.91. The lowest BCUT2D eigenvalue weighted by molar-refractivity contribution is 0.0945. The van der Waals surface area contributed by atoms with E-state index in [9.17, 15) is 9.59 Å². The Hall–Kier alpha value is -3.15. The van der Waals surface area contributed by atoms with Crippen molar-refractivity contribution in [1.82, 2.24) is 14.7 Å². The number of ether oxygens (including phenoxy) is 1. The van der Waals surface area contributed by atoms with Gasteiger partial charge in [0.15, 0.2) is 0 Å². The maximum atomic E-state index is 12.3. The second-order valence-electron chi connectivity index (χ2n) is 5.33. The summed E-state index contributed by atoms with van der Waals surface area (Å²) >= 11 is 0. The van der Waals surface area contributed by atoms with E-state index >= 15 is 0 Å². The molecule has 1 amide bonds. The van der Waals surface area contributed by atoms with Gasteiger partial charge in [-0.15, -0.1) is 0 Å². The van der Waals surface area contributed by atoms with E-state index in [1.807, 2.05) is 31.2 Å². The van der Waals surface area contributed by atoms with Crippen LogP contribution in [0.3, 0.4) is 0 Å². The number of hydrogen-bond donors (Lipinski definition) is 1. The van der Waals surface area contributed by atoms with Crippen LogP contribution >= 0.6 is 0 Å². The molecule has 0 fully saturated rings. The fourth-order valence-electron chi connectivity index (χ4n) is 2.32. The number of carbonyl (C=O) groups is 1. The van der Waals surface area contributed by atoms with Gasteiger partial charge >= 0.3 is 0 Å². The normalized spacial score (nSPS) is 10.5. The number of carbonyl (C=O) groups excluding carboxylic acids is 1. The summed E-state index contributed by atoms with van der Waals surface area (Å²) in [5, 5.41) is 2.67. The van der Waals surface area contributed by atoms with Gasteiger partial charge in [0.05, 0.1) is 6.54 Å². The van der Waals surface area contributed by atoms with E-state index in [1.165, 1.54) is 10.6 Å². The van der Waals surface area contributed by atoms with E-state index in [2.05, 4.69) is 10.3 Å². The fraction of sp³-hybridized carbons (Fsp3) is 0.167. The minimum absolute atomic E-state index is 0.00857. The Morgan fingerprint density at radius 2 is 2.12 bits per heavy atom. The third-order valence-electron chi connectivity index (χ3n) is 3.50. The largest absolute Gasteiger partial charge is 0.492 e. The van der Waals surface area contributed by atoms with Crippen molar-refractivity contribution in [2.75, 3.05) is 13.2 Å². The van der Waals surface area contributed by atoms with Crippen LogP contribution in [0.2, 0.25) is 0 Å². The lowest BCUT2D eigenvalue weighted by Gasteiger charge is -2.08. The van der Waals surface area contributed by atoms with E-state index in [0.29, 0.717) is 18.8 Å². The molecule has 0 aliphatic rings. The fourth-order valence-corrected chi connectivity index (χ4v) is 2.32. The van der Waals surface area contributed by atoms with Crippen LogP contribution in [0.25, 0.3) is 5.65 Å². The summed E-state index contributed by atoms with van der Waals surface area (Å²) in [6, 6.07) is 12.9. The number of aryl methyl sites for hydroxylation is 1. The highest BCUT2D eigenvalue weighted by molar-refractivity contribution is 5.93. The van der Waals surface area contributed by atoms with Gasteiger partial charge in [0.25, 0.3) is 11.5 Å². The predicted octanol–water partition coefficient (Wildman–Crippen LogP) is 1.81. The molecular formula is C18H17N3O3. The van der Waals surface area contributed by atoms with Gasteiger partial charge < -0.3 is 10.1 Å². The van der Waals surface area contributed by atoms with Gasteiger partial charge in [0.1, 0.15) is 23.6 Å². The number of benzene rings is 1. The highest BCUT2D eigenvalue weighted by atomic mass is 16.5. The highest BCUT2D eigenvalue weighted by Crippen LogP contribution is 2.11. The number of nitrogens with zero attached hydrogens (tertiary/aromatic N) is 2. The molecule has 1 N–H and O–H groups in total. The smallest absolute Gasteiger partial charge is 0.270 e. The zero-order chi connectivity index (χ0) is 16.9. The molecule has 0 radical (unpaired) electrons. The van der Waals surface area contributed by atoms with E-state index in [-0.39, 0.29) is 5.56 Å². The quantitative estimate of drug-likeness (QED) is 0.727. The van der Waals surface area contributed by atoms with Gasteiger partial charge in [-0.25, -0.2) is 4.98 Å². The summed E-state index contributed by atoms with van der Waals surface area (Å²) in [5.74, 6) is 0.287. The third kappa shape index (κ3) is 3.43. The molecule has 0 atom stereocenters. The Labute approximate surface area is 138 Å². The van der Waals surface area contributed by atoms with Crippen LogP contribution in [0, 0.1) is 6.92 Å². The molecule has 2 aromatic heterocycles. The summed E-state index contributed by atoms with van der Waals surface area (Å²) in [4.78, 5) is 28.6. The average Bonchev–Trinajstić information content (AvgIpc) is 2.59. The van der Waals surface area contributed by atoms with E-state index in [1.54, 1.807) is 24.4 Å². The van der Waals surface area contributed by atoms with Crippen LogP contribution in [-0.4, -0.2) is 28.4 Å². The molecule has 6 heteroatoms. The number of rotatable bonds is 5. The van der Waals surface area contributed by atoms with Crippen LogP contribution in [0.4, 0.5) is 0 Å². The van der Waals surface area contributed by atoms with Crippen molar-refractivity contribution < 1.29 is 9.53 Å². The van der Waals surface area contributed by atoms with Crippen molar-refractivity contribution in [2.45, 2.75) is 6.92 Å². The standard InChI is InChI=1S/C18H17N3O3/c1-13-5-4-6-14(11-13)24-10-8-19-17(22)15-12-20-16-7-2-3-9-21(16)18(15)23/h2-7,9,11-12H,8,10H2,1H3,(H,19,22). The lowest BCUT2D eigenvalue weighted by Crippen LogP contribution is -2.33. The second-order valence-corrected chi connectivity index (χ2v) is 5.33. The van der Waals surface area contributed by atoms with Gasteiger partial charge in [-0.2, -0.15) is 0 Å². The molecule has 3 aromatic rings. The van der Waals surface area contributed by atoms with Gasteiger partial charge in [0, 0.05) is 12.4 Å². The number of aromatic nitrogens is 2. The molecule has 0 aliphatic carbocycles. The Bertz CT molecular complexity index is 934. The maximum absolute atomic E-state index is 12.3.